The molecule has 0 aliphatic heterocycles. The highest BCUT2D eigenvalue weighted by Crippen LogP contribution is 2.13. The van der Waals surface area contributed by atoms with Crippen LogP contribution in [0, 0.1) is 0 Å². The summed E-state index contributed by atoms with van der Waals surface area (Å²) in [7, 11) is 3.60. The third kappa shape index (κ3) is 7.71. The van der Waals surface area contributed by atoms with E-state index in [4.69, 9.17) is 9.47 Å². The van der Waals surface area contributed by atoms with Crippen LogP contribution in [0.4, 0.5) is 0 Å². The highest BCUT2D eigenvalue weighted by Gasteiger charge is 2.20. The number of nitrogens with one attached hydrogen (secondary N) is 1. The second kappa shape index (κ2) is 8.03. The SMILES string of the molecule is CNC(C)(CO)CCCOCCC(C)(C)OC. The molecule has 0 fully saturated rings. The van der Waals surface area contributed by atoms with Crippen LogP contribution < -0.4 is 5.32 Å². The topological polar surface area (TPSA) is 50.7 Å². The Balaban J connectivity index is 3.53. The Hall–Kier alpha value is -0.160. The molecule has 0 spiro atoms. The van der Waals surface area contributed by atoms with Crippen molar-refractivity contribution in [2.45, 2.75) is 51.2 Å². The van der Waals surface area contributed by atoms with Crippen LogP contribution in [0.3, 0.4) is 0 Å². The summed E-state index contributed by atoms with van der Waals surface area (Å²) in [5.74, 6) is 0. The highest BCUT2D eigenvalue weighted by atomic mass is 16.5. The predicted octanol–water partition coefficient (Wildman–Crippen LogP) is 1.57. The Bertz CT molecular complexity index is 191. The van der Waals surface area contributed by atoms with Gasteiger partial charge in [-0.1, -0.05) is 0 Å². The molecule has 0 saturated heterocycles. The first-order valence-electron chi connectivity index (χ1n) is 6.32. The van der Waals surface area contributed by atoms with E-state index in [1.807, 2.05) is 14.0 Å². The van der Waals surface area contributed by atoms with E-state index in [0.717, 1.165) is 32.5 Å². The van der Waals surface area contributed by atoms with Crippen molar-refractivity contribution in [3.63, 3.8) is 0 Å². The smallest absolute Gasteiger partial charge is 0.0644 e. The average molecular weight is 247 g/mol. The molecule has 4 nitrogen and oxygen atoms in total. The molecule has 0 amide bonds. The molecule has 17 heavy (non-hydrogen) atoms. The van der Waals surface area contributed by atoms with E-state index in [0.29, 0.717) is 0 Å². The summed E-state index contributed by atoms with van der Waals surface area (Å²) >= 11 is 0. The van der Waals surface area contributed by atoms with Crippen molar-refractivity contribution in [2.75, 3.05) is 34.0 Å². The van der Waals surface area contributed by atoms with Crippen LogP contribution in [0.5, 0.6) is 0 Å². The van der Waals surface area contributed by atoms with Crippen LogP contribution in [-0.2, 0) is 9.47 Å². The van der Waals surface area contributed by atoms with Gasteiger partial charge in [0.2, 0.25) is 0 Å². The van der Waals surface area contributed by atoms with Gasteiger partial charge >= 0.3 is 0 Å². The third-order valence-corrected chi connectivity index (χ3v) is 3.37. The maximum atomic E-state index is 9.21. The van der Waals surface area contributed by atoms with Gasteiger partial charge in [0.25, 0.3) is 0 Å². The van der Waals surface area contributed by atoms with Gasteiger partial charge in [-0.05, 0) is 47.1 Å². The minimum Gasteiger partial charge on any atom is -0.394 e. The molecular weight excluding hydrogens is 218 g/mol. The third-order valence-electron chi connectivity index (χ3n) is 3.37. The number of aliphatic hydroxyl groups excluding tert-OH is 1. The normalized spacial score (nSPS) is 15.9. The quantitative estimate of drug-likeness (QED) is 0.575. The maximum Gasteiger partial charge on any atom is 0.0644 e. The summed E-state index contributed by atoms with van der Waals surface area (Å²) in [5.41, 5.74) is -0.292. The van der Waals surface area contributed by atoms with E-state index in [9.17, 15) is 5.11 Å². The molecule has 0 aliphatic rings. The first-order chi connectivity index (χ1) is 7.89. The van der Waals surface area contributed by atoms with Crippen molar-refractivity contribution in [1.82, 2.24) is 5.32 Å². The van der Waals surface area contributed by atoms with Crippen LogP contribution in [0.15, 0.2) is 0 Å². The van der Waals surface area contributed by atoms with E-state index in [-0.39, 0.29) is 17.7 Å². The van der Waals surface area contributed by atoms with E-state index in [2.05, 4.69) is 19.2 Å². The number of ether oxygens (including phenoxy) is 2. The highest BCUT2D eigenvalue weighted by molar-refractivity contribution is 4.79. The van der Waals surface area contributed by atoms with Crippen LogP contribution in [0.2, 0.25) is 0 Å². The zero-order valence-electron chi connectivity index (χ0n) is 12.0. The van der Waals surface area contributed by atoms with E-state index < -0.39 is 0 Å². The minimum absolute atomic E-state index is 0.107. The van der Waals surface area contributed by atoms with E-state index >= 15 is 0 Å². The molecule has 0 radical (unpaired) electrons. The van der Waals surface area contributed by atoms with E-state index in [1.165, 1.54) is 0 Å². The summed E-state index contributed by atoms with van der Waals surface area (Å²) < 4.78 is 10.9. The maximum absolute atomic E-state index is 9.21. The Morgan fingerprint density at radius 2 is 1.76 bits per heavy atom. The molecule has 0 aromatic heterocycles. The Morgan fingerprint density at radius 3 is 2.24 bits per heavy atom. The Morgan fingerprint density at radius 1 is 1.12 bits per heavy atom. The lowest BCUT2D eigenvalue weighted by Gasteiger charge is -2.27. The molecule has 0 aromatic carbocycles. The average Bonchev–Trinajstić information content (AvgIpc) is 2.33. The van der Waals surface area contributed by atoms with Gasteiger partial charge in [-0.2, -0.15) is 0 Å². The molecule has 0 aliphatic carbocycles. The predicted molar refractivity (Wildman–Crippen MR) is 70.3 cm³/mol. The van der Waals surface area contributed by atoms with Gasteiger partial charge in [0.05, 0.1) is 12.2 Å². The second-order valence-corrected chi connectivity index (χ2v) is 5.40. The molecule has 104 valence electrons. The molecule has 1 unspecified atom stereocenters. The number of methoxy groups -OCH3 is 1. The first kappa shape index (κ1) is 16.8. The lowest BCUT2D eigenvalue weighted by atomic mass is 9.97. The van der Waals surface area contributed by atoms with Crippen LogP contribution in [-0.4, -0.2) is 50.2 Å². The molecule has 0 rings (SSSR count). The van der Waals surface area contributed by atoms with Crippen LogP contribution >= 0.6 is 0 Å². The molecule has 0 saturated carbocycles. The summed E-state index contributed by atoms with van der Waals surface area (Å²) in [5, 5.41) is 12.3. The Kier molecular flexibility index (Phi) is 7.96. The molecule has 1 atom stereocenters. The van der Waals surface area contributed by atoms with Gasteiger partial charge in [-0.15, -0.1) is 0 Å². The van der Waals surface area contributed by atoms with Crippen molar-refractivity contribution in [3.05, 3.63) is 0 Å². The molecule has 0 heterocycles. The number of aliphatic hydroxyl groups is 1. The van der Waals surface area contributed by atoms with Gasteiger partial charge in [0.1, 0.15) is 0 Å². The fourth-order valence-corrected chi connectivity index (χ4v) is 1.37. The van der Waals surface area contributed by atoms with Crippen LogP contribution in [0.25, 0.3) is 0 Å². The number of likely N-dealkylation sites (N-methyl/N-ethyl adjacent to an activating group) is 1. The van der Waals surface area contributed by atoms with Gasteiger partial charge in [0, 0.05) is 25.9 Å². The zero-order chi connectivity index (χ0) is 13.4. The summed E-state index contributed by atoms with van der Waals surface area (Å²) in [6, 6.07) is 0. The molecule has 0 aromatic rings. The van der Waals surface area contributed by atoms with Crippen LogP contribution in [0.1, 0.15) is 40.0 Å². The number of rotatable bonds is 10. The fraction of sp³-hybridized carbons (Fsp3) is 1.00. The van der Waals surface area contributed by atoms with Crippen molar-refractivity contribution >= 4 is 0 Å². The number of hydrogen-bond acceptors (Lipinski definition) is 4. The largest absolute Gasteiger partial charge is 0.394 e. The lowest BCUT2D eigenvalue weighted by Crippen LogP contribution is -2.43. The van der Waals surface area contributed by atoms with Crippen molar-refractivity contribution in [2.24, 2.45) is 0 Å². The number of hydrogen-bond donors (Lipinski definition) is 2. The molecule has 2 N–H and O–H groups in total. The van der Waals surface area contributed by atoms with Crippen molar-refractivity contribution in [1.29, 1.82) is 0 Å². The van der Waals surface area contributed by atoms with Gasteiger partial charge in [0.15, 0.2) is 0 Å². The second-order valence-electron chi connectivity index (χ2n) is 5.40. The molecule has 0 bridgehead atoms. The summed E-state index contributed by atoms with van der Waals surface area (Å²) in [6.07, 6.45) is 2.76. The summed E-state index contributed by atoms with van der Waals surface area (Å²) in [6.45, 7) is 7.73. The van der Waals surface area contributed by atoms with Gasteiger partial charge < -0.3 is 19.9 Å². The van der Waals surface area contributed by atoms with E-state index in [1.54, 1.807) is 7.11 Å². The lowest BCUT2D eigenvalue weighted by molar-refractivity contribution is -0.0108. The Labute approximate surface area is 106 Å². The molecular formula is C13H29NO3. The standard InChI is InChI=1S/C13H29NO3/c1-12(2,16-5)8-10-17-9-6-7-13(3,11-15)14-4/h14-15H,6-11H2,1-5H3. The van der Waals surface area contributed by atoms with Gasteiger partial charge in [-0.25, -0.2) is 0 Å². The first-order valence-corrected chi connectivity index (χ1v) is 6.32. The fourth-order valence-electron chi connectivity index (χ4n) is 1.37. The van der Waals surface area contributed by atoms with Gasteiger partial charge in [-0.3, -0.25) is 0 Å². The zero-order valence-corrected chi connectivity index (χ0v) is 12.0. The molecule has 4 heteroatoms. The minimum atomic E-state index is -0.185. The van der Waals surface area contributed by atoms with Crippen molar-refractivity contribution < 1.29 is 14.6 Å². The summed E-state index contributed by atoms with van der Waals surface area (Å²) in [4.78, 5) is 0. The monoisotopic (exact) mass is 247 g/mol. The van der Waals surface area contributed by atoms with Crippen molar-refractivity contribution in [3.8, 4) is 0 Å².